The summed E-state index contributed by atoms with van der Waals surface area (Å²) in [6, 6.07) is 6.81. The second-order valence-corrected chi connectivity index (χ2v) is 25.0. The summed E-state index contributed by atoms with van der Waals surface area (Å²) in [7, 11) is -5.11. The van der Waals surface area contributed by atoms with Gasteiger partial charge < -0.3 is 8.23 Å². The molecule has 0 heterocycles. The molecule has 1 aromatic rings. The average molecular weight is 425 g/mol. The highest BCUT2D eigenvalue weighted by Gasteiger charge is 2.37. The Bertz CT molecular complexity index is 626. The van der Waals surface area contributed by atoms with Gasteiger partial charge >= 0.3 is 0 Å². The van der Waals surface area contributed by atoms with Crippen molar-refractivity contribution < 1.29 is 8.23 Å². The van der Waals surface area contributed by atoms with Crippen LogP contribution in [0.3, 0.4) is 0 Å². The molecular formula is C20H40O2Si4. The summed E-state index contributed by atoms with van der Waals surface area (Å²) in [6.45, 7) is 27.1. The molecule has 0 aliphatic carbocycles. The Morgan fingerprint density at radius 1 is 0.808 bits per heavy atom. The number of hydrogen-bond acceptors (Lipinski definition) is 2. The Balaban J connectivity index is 3.30. The molecule has 1 aromatic carbocycles. The highest BCUT2D eigenvalue weighted by Crippen LogP contribution is 2.24. The Morgan fingerprint density at radius 3 is 1.62 bits per heavy atom. The summed E-state index contributed by atoms with van der Waals surface area (Å²) in [5, 5.41) is 3.47. The van der Waals surface area contributed by atoms with Crippen molar-refractivity contribution >= 4 is 52.6 Å². The predicted molar refractivity (Wildman–Crippen MR) is 129 cm³/mol. The fourth-order valence-electron chi connectivity index (χ4n) is 2.66. The SMILES string of the molecule is C=Cc1ccc([Si](C)(C)O[SiH2]C(C)(C)C)c([Si](C)(C)O[SiH2]C(C)(C)C)c1. The lowest BCUT2D eigenvalue weighted by molar-refractivity contribution is 0.547. The zero-order chi connectivity index (χ0) is 20.4. The van der Waals surface area contributed by atoms with Gasteiger partial charge in [0.1, 0.15) is 0 Å². The molecule has 2 nitrogen and oxygen atoms in total. The molecular weight excluding hydrogens is 385 g/mol. The van der Waals surface area contributed by atoms with Gasteiger partial charge in [0.05, 0.1) is 0 Å². The van der Waals surface area contributed by atoms with E-state index in [9.17, 15) is 0 Å². The van der Waals surface area contributed by atoms with Gasteiger partial charge in [-0.25, -0.2) is 0 Å². The maximum atomic E-state index is 6.68. The fourth-order valence-corrected chi connectivity index (χ4v) is 14.5. The van der Waals surface area contributed by atoms with Crippen LogP contribution >= 0.6 is 0 Å². The van der Waals surface area contributed by atoms with Gasteiger partial charge in [-0.05, 0) is 52.2 Å². The van der Waals surface area contributed by atoms with Crippen LogP contribution in [-0.4, -0.2) is 36.2 Å². The van der Waals surface area contributed by atoms with Crippen LogP contribution in [0.1, 0.15) is 47.1 Å². The molecule has 0 saturated carbocycles. The first-order chi connectivity index (χ1) is 11.6. The lowest BCUT2D eigenvalue weighted by atomic mass is 10.2. The van der Waals surface area contributed by atoms with E-state index >= 15 is 0 Å². The first kappa shape index (κ1) is 23.8. The Kier molecular flexibility index (Phi) is 7.69. The van der Waals surface area contributed by atoms with Crippen LogP contribution < -0.4 is 10.4 Å². The zero-order valence-electron chi connectivity index (χ0n) is 18.7. The summed E-state index contributed by atoms with van der Waals surface area (Å²) < 4.78 is 13.3. The standard InChI is InChI=1S/C20H40O2Si4/c1-12-16-13-14-17(25(8,9)21-23-19(2,3)4)18(15-16)26(10,11)22-24-20(5,6)7/h12-15H,1,23-24H2,2-11H3. The van der Waals surface area contributed by atoms with Crippen molar-refractivity contribution in [2.24, 2.45) is 0 Å². The second-order valence-electron chi connectivity index (χ2n) is 10.7. The van der Waals surface area contributed by atoms with Crippen molar-refractivity contribution in [1.82, 2.24) is 0 Å². The molecule has 148 valence electrons. The van der Waals surface area contributed by atoms with Crippen LogP contribution in [0.4, 0.5) is 0 Å². The van der Waals surface area contributed by atoms with E-state index in [1.54, 1.807) is 0 Å². The quantitative estimate of drug-likeness (QED) is 0.620. The third kappa shape index (κ3) is 7.40. The van der Waals surface area contributed by atoms with E-state index in [0.29, 0.717) is 10.1 Å². The topological polar surface area (TPSA) is 18.5 Å². The molecule has 0 radical (unpaired) electrons. The number of rotatable bonds is 7. The minimum atomic E-state index is -1.98. The molecule has 0 aliphatic heterocycles. The van der Waals surface area contributed by atoms with Crippen molar-refractivity contribution in [3.8, 4) is 0 Å². The molecule has 0 bridgehead atoms. The molecule has 0 atom stereocenters. The third-order valence-electron chi connectivity index (χ3n) is 4.31. The summed E-state index contributed by atoms with van der Waals surface area (Å²) in [5.74, 6) is 0. The average Bonchev–Trinajstić information content (AvgIpc) is 2.49. The van der Waals surface area contributed by atoms with Gasteiger partial charge in [-0.15, -0.1) is 0 Å². The first-order valence-corrected chi connectivity index (χ1v) is 18.0. The minimum Gasteiger partial charge on any atom is -0.457 e. The monoisotopic (exact) mass is 424 g/mol. The van der Waals surface area contributed by atoms with Gasteiger partial charge in [-0.2, -0.15) is 0 Å². The maximum Gasteiger partial charge on any atom is 0.205 e. The van der Waals surface area contributed by atoms with E-state index in [1.165, 1.54) is 15.9 Å². The van der Waals surface area contributed by atoms with Gasteiger partial charge in [-0.1, -0.05) is 72.4 Å². The number of hydrogen-bond donors (Lipinski definition) is 0. The summed E-state index contributed by atoms with van der Waals surface area (Å²) >= 11 is 0. The van der Waals surface area contributed by atoms with E-state index in [-0.39, 0.29) is 0 Å². The molecule has 0 fully saturated rings. The molecule has 6 heteroatoms. The van der Waals surface area contributed by atoms with E-state index in [2.05, 4.69) is 92.5 Å². The van der Waals surface area contributed by atoms with Crippen molar-refractivity contribution in [3.05, 3.63) is 30.3 Å². The third-order valence-corrected chi connectivity index (χ3v) is 16.7. The fraction of sp³-hybridized carbons (Fsp3) is 0.600. The second kappa shape index (κ2) is 8.41. The largest absolute Gasteiger partial charge is 0.457 e. The summed E-state index contributed by atoms with van der Waals surface area (Å²) in [5.41, 5.74) is 1.18. The van der Waals surface area contributed by atoms with Crippen LogP contribution in [0.5, 0.6) is 0 Å². The van der Waals surface area contributed by atoms with E-state index in [0.717, 1.165) is 0 Å². The molecule has 26 heavy (non-hydrogen) atoms. The molecule has 0 saturated heterocycles. The number of benzene rings is 1. The van der Waals surface area contributed by atoms with Crippen molar-refractivity contribution in [1.29, 1.82) is 0 Å². The maximum absolute atomic E-state index is 6.68. The highest BCUT2D eigenvalue weighted by molar-refractivity contribution is 6.96. The molecule has 0 amide bonds. The Morgan fingerprint density at radius 2 is 1.23 bits per heavy atom. The smallest absolute Gasteiger partial charge is 0.205 e. The summed E-state index contributed by atoms with van der Waals surface area (Å²) in [4.78, 5) is 0. The summed E-state index contributed by atoms with van der Waals surface area (Å²) in [6.07, 6.45) is 1.94. The Labute approximate surface area is 168 Å². The molecule has 0 unspecified atom stereocenters. The van der Waals surface area contributed by atoms with Gasteiger partial charge in [0.25, 0.3) is 0 Å². The minimum absolute atomic E-state index is 0.309. The lowest BCUT2D eigenvalue weighted by Crippen LogP contribution is -2.62. The highest BCUT2D eigenvalue weighted by atomic mass is 28.4. The van der Waals surface area contributed by atoms with E-state index in [4.69, 9.17) is 8.23 Å². The molecule has 0 N–H and O–H groups in total. The first-order valence-electron chi connectivity index (χ1n) is 9.63. The molecule has 0 aliphatic rings. The van der Waals surface area contributed by atoms with Crippen LogP contribution in [0.2, 0.25) is 36.3 Å². The Hall–Kier alpha value is -0.252. The molecule has 0 aromatic heterocycles. The molecule has 1 rings (SSSR count). The van der Waals surface area contributed by atoms with Crippen LogP contribution in [0.15, 0.2) is 24.8 Å². The van der Waals surface area contributed by atoms with Gasteiger partial charge in [0.2, 0.25) is 16.6 Å². The van der Waals surface area contributed by atoms with Crippen LogP contribution in [-0.2, 0) is 8.23 Å². The van der Waals surface area contributed by atoms with E-state index < -0.39 is 36.2 Å². The van der Waals surface area contributed by atoms with Crippen LogP contribution in [0.25, 0.3) is 6.08 Å². The van der Waals surface area contributed by atoms with Gasteiger partial charge in [0.15, 0.2) is 19.5 Å². The van der Waals surface area contributed by atoms with Gasteiger partial charge in [-0.3, -0.25) is 0 Å². The van der Waals surface area contributed by atoms with E-state index in [1.807, 2.05) is 6.08 Å². The van der Waals surface area contributed by atoms with Crippen molar-refractivity contribution in [2.45, 2.75) is 77.8 Å². The molecule has 0 spiro atoms. The predicted octanol–water partition coefficient (Wildman–Crippen LogP) is 3.79. The normalized spacial score (nSPS) is 14.7. The lowest BCUT2D eigenvalue weighted by Gasteiger charge is -2.35. The van der Waals surface area contributed by atoms with Crippen LogP contribution in [0, 0.1) is 0 Å². The van der Waals surface area contributed by atoms with Gasteiger partial charge in [0, 0.05) is 0 Å². The zero-order valence-corrected chi connectivity index (χ0v) is 23.6. The van der Waals surface area contributed by atoms with Crippen molar-refractivity contribution in [3.63, 3.8) is 0 Å². The van der Waals surface area contributed by atoms with Crippen molar-refractivity contribution in [2.75, 3.05) is 0 Å².